The summed E-state index contributed by atoms with van der Waals surface area (Å²) in [5.74, 6) is 0.466. The molecular weight excluding hydrogens is 382 g/mol. The molecule has 0 bridgehead atoms. The average Bonchev–Trinajstić information content (AvgIpc) is 2.69. The van der Waals surface area contributed by atoms with Crippen LogP contribution in [0.4, 0.5) is 11.4 Å². The zero-order valence-electron chi connectivity index (χ0n) is 17.7. The average molecular weight is 412 g/mol. The molecule has 1 heterocycles. The first-order valence-corrected chi connectivity index (χ1v) is 10.2. The summed E-state index contributed by atoms with van der Waals surface area (Å²) >= 11 is 0. The Bertz CT molecular complexity index is 842. The van der Waals surface area contributed by atoms with Crippen molar-refractivity contribution in [1.82, 2.24) is 4.90 Å². The molecule has 0 spiro atoms. The topological polar surface area (TPSA) is 79.9 Å². The maximum absolute atomic E-state index is 12.4. The van der Waals surface area contributed by atoms with Gasteiger partial charge in [-0.1, -0.05) is 0 Å². The minimum atomic E-state index is -0.215. The number of morpholine rings is 1. The van der Waals surface area contributed by atoms with Crippen molar-refractivity contribution in [3.05, 3.63) is 54.1 Å². The lowest BCUT2D eigenvalue weighted by molar-refractivity contribution is -0.121. The Morgan fingerprint density at radius 1 is 0.967 bits per heavy atom. The Morgan fingerprint density at radius 2 is 1.53 bits per heavy atom. The summed E-state index contributed by atoms with van der Waals surface area (Å²) in [5.41, 5.74) is 1.86. The molecule has 30 heavy (non-hydrogen) atoms. The van der Waals surface area contributed by atoms with Gasteiger partial charge in [0.2, 0.25) is 5.91 Å². The van der Waals surface area contributed by atoms with E-state index in [0.29, 0.717) is 30.1 Å². The summed E-state index contributed by atoms with van der Waals surface area (Å²) in [6.45, 7) is 8.34. The molecule has 0 unspecified atom stereocenters. The molecule has 0 aromatic heterocycles. The van der Waals surface area contributed by atoms with Gasteiger partial charge in [0, 0.05) is 30.0 Å². The smallest absolute Gasteiger partial charge is 0.255 e. The summed E-state index contributed by atoms with van der Waals surface area (Å²) in [6, 6.07) is 14.1. The third-order valence-corrected chi connectivity index (χ3v) is 4.72. The number of benzene rings is 2. The summed E-state index contributed by atoms with van der Waals surface area (Å²) in [6.07, 6.45) is 0.240. The molecule has 1 fully saturated rings. The number of hydrogen-bond donors (Lipinski definition) is 2. The second kappa shape index (κ2) is 10.2. The van der Waals surface area contributed by atoms with Crippen molar-refractivity contribution in [1.29, 1.82) is 0 Å². The minimum Gasteiger partial charge on any atom is -0.494 e. The Morgan fingerprint density at radius 3 is 2.13 bits per heavy atom. The van der Waals surface area contributed by atoms with Crippen LogP contribution >= 0.6 is 0 Å². The monoisotopic (exact) mass is 411 g/mol. The minimum absolute atomic E-state index is 0.0807. The standard InChI is InChI=1S/C23H29N3O4/c1-4-29-21-11-9-20(10-12-21)25-23(28)18-5-7-19(8-6-18)24-22(27)15-26-13-16(2)30-17(3)14-26/h5-12,16-17H,4,13-15H2,1-3H3,(H,24,27)(H,25,28)/t16-,17-/m1/s1. The Hall–Kier alpha value is -2.90. The molecule has 1 aliphatic rings. The van der Waals surface area contributed by atoms with Crippen LogP contribution in [0, 0.1) is 0 Å². The van der Waals surface area contributed by atoms with E-state index < -0.39 is 0 Å². The Labute approximate surface area is 177 Å². The van der Waals surface area contributed by atoms with E-state index in [4.69, 9.17) is 9.47 Å². The number of carbonyl (C=O) groups excluding carboxylic acids is 2. The number of nitrogens with one attached hydrogen (secondary N) is 2. The lowest BCUT2D eigenvalue weighted by Crippen LogP contribution is -2.48. The quantitative estimate of drug-likeness (QED) is 0.730. The maximum atomic E-state index is 12.4. The maximum Gasteiger partial charge on any atom is 0.255 e. The fourth-order valence-corrected chi connectivity index (χ4v) is 3.53. The van der Waals surface area contributed by atoms with Crippen molar-refractivity contribution in [2.45, 2.75) is 33.0 Å². The van der Waals surface area contributed by atoms with E-state index in [2.05, 4.69) is 15.5 Å². The van der Waals surface area contributed by atoms with E-state index in [-0.39, 0.29) is 24.0 Å². The summed E-state index contributed by atoms with van der Waals surface area (Å²) in [5, 5.41) is 5.74. The van der Waals surface area contributed by atoms with Crippen LogP contribution in [0.2, 0.25) is 0 Å². The SMILES string of the molecule is CCOc1ccc(NC(=O)c2ccc(NC(=O)CN3C[C@@H](C)O[C@H](C)C3)cc2)cc1. The van der Waals surface area contributed by atoms with Gasteiger partial charge in [-0.3, -0.25) is 14.5 Å². The van der Waals surface area contributed by atoms with Gasteiger partial charge >= 0.3 is 0 Å². The van der Waals surface area contributed by atoms with Crippen LogP contribution in [0.1, 0.15) is 31.1 Å². The van der Waals surface area contributed by atoms with Crippen LogP contribution in [0.15, 0.2) is 48.5 Å². The van der Waals surface area contributed by atoms with Crippen molar-refractivity contribution < 1.29 is 19.1 Å². The number of ether oxygens (including phenoxy) is 2. The fourth-order valence-electron chi connectivity index (χ4n) is 3.53. The van der Waals surface area contributed by atoms with Crippen molar-refractivity contribution in [3.63, 3.8) is 0 Å². The molecule has 2 aromatic rings. The van der Waals surface area contributed by atoms with Crippen molar-refractivity contribution in [2.75, 3.05) is 36.9 Å². The normalized spacial score (nSPS) is 19.2. The zero-order chi connectivity index (χ0) is 21.5. The summed E-state index contributed by atoms with van der Waals surface area (Å²) < 4.78 is 11.1. The van der Waals surface area contributed by atoms with Gasteiger partial charge in [-0.05, 0) is 69.3 Å². The van der Waals surface area contributed by atoms with E-state index >= 15 is 0 Å². The molecule has 1 saturated heterocycles. The highest BCUT2D eigenvalue weighted by Crippen LogP contribution is 2.17. The third-order valence-electron chi connectivity index (χ3n) is 4.72. The third kappa shape index (κ3) is 6.30. The molecule has 0 radical (unpaired) electrons. The number of carbonyl (C=O) groups is 2. The van der Waals surface area contributed by atoms with Gasteiger partial charge < -0.3 is 20.1 Å². The van der Waals surface area contributed by atoms with Gasteiger partial charge in [0.1, 0.15) is 5.75 Å². The van der Waals surface area contributed by atoms with E-state index in [9.17, 15) is 9.59 Å². The van der Waals surface area contributed by atoms with Gasteiger partial charge in [-0.25, -0.2) is 0 Å². The predicted octanol–water partition coefficient (Wildman–Crippen LogP) is 3.39. The highest BCUT2D eigenvalue weighted by atomic mass is 16.5. The molecule has 2 N–H and O–H groups in total. The molecule has 7 nitrogen and oxygen atoms in total. The molecule has 0 aliphatic carbocycles. The Balaban J connectivity index is 1.51. The first kappa shape index (κ1) is 21.8. The van der Waals surface area contributed by atoms with Crippen molar-refractivity contribution in [2.24, 2.45) is 0 Å². The molecule has 2 amide bonds. The van der Waals surface area contributed by atoms with E-state index in [1.165, 1.54) is 0 Å². The molecule has 2 atom stereocenters. The molecule has 160 valence electrons. The highest BCUT2D eigenvalue weighted by molar-refractivity contribution is 6.04. The van der Waals surface area contributed by atoms with E-state index in [1.54, 1.807) is 36.4 Å². The fraction of sp³-hybridized carbons (Fsp3) is 0.391. The lowest BCUT2D eigenvalue weighted by Gasteiger charge is -2.34. The van der Waals surface area contributed by atoms with Crippen molar-refractivity contribution in [3.8, 4) is 5.75 Å². The predicted molar refractivity (Wildman–Crippen MR) is 117 cm³/mol. The first-order chi connectivity index (χ1) is 14.4. The van der Waals surface area contributed by atoms with E-state index in [1.807, 2.05) is 32.9 Å². The molecule has 3 rings (SSSR count). The van der Waals surface area contributed by atoms with Crippen LogP contribution < -0.4 is 15.4 Å². The van der Waals surface area contributed by atoms with Crippen LogP contribution in [0.3, 0.4) is 0 Å². The van der Waals surface area contributed by atoms with Crippen LogP contribution in [-0.2, 0) is 9.53 Å². The summed E-state index contributed by atoms with van der Waals surface area (Å²) in [7, 11) is 0. The van der Waals surface area contributed by atoms with Crippen LogP contribution in [-0.4, -0.2) is 55.2 Å². The highest BCUT2D eigenvalue weighted by Gasteiger charge is 2.23. The van der Waals surface area contributed by atoms with Gasteiger partial charge in [0.15, 0.2) is 0 Å². The van der Waals surface area contributed by atoms with Crippen LogP contribution in [0.5, 0.6) is 5.75 Å². The number of nitrogens with zero attached hydrogens (tertiary/aromatic N) is 1. The molecule has 1 aliphatic heterocycles. The van der Waals surface area contributed by atoms with Crippen LogP contribution in [0.25, 0.3) is 0 Å². The lowest BCUT2D eigenvalue weighted by atomic mass is 10.2. The molecule has 2 aromatic carbocycles. The molecule has 0 saturated carbocycles. The largest absolute Gasteiger partial charge is 0.494 e. The van der Waals surface area contributed by atoms with Gasteiger partial charge in [0.25, 0.3) is 5.91 Å². The second-order valence-electron chi connectivity index (χ2n) is 7.49. The van der Waals surface area contributed by atoms with Gasteiger partial charge in [0.05, 0.1) is 25.4 Å². The summed E-state index contributed by atoms with van der Waals surface area (Å²) in [4.78, 5) is 26.9. The van der Waals surface area contributed by atoms with Gasteiger partial charge in [-0.2, -0.15) is 0 Å². The number of amides is 2. The van der Waals surface area contributed by atoms with Gasteiger partial charge in [-0.15, -0.1) is 0 Å². The zero-order valence-corrected chi connectivity index (χ0v) is 17.7. The molecular formula is C23H29N3O4. The van der Waals surface area contributed by atoms with E-state index in [0.717, 1.165) is 18.8 Å². The van der Waals surface area contributed by atoms with Crippen molar-refractivity contribution >= 4 is 23.2 Å². The second-order valence-corrected chi connectivity index (χ2v) is 7.49. The molecule has 7 heteroatoms. The number of hydrogen-bond acceptors (Lipinski definition) is 5. The number of rotatable bonds is 7. The number of anilines is 2. The Kier molecular flexibility index (Phi) is 7.43. The first-order valence-electron chi connectivity index (χ1n) is 10.2.